The Morgan fingerprint density at radius 2 is 2.28 bits per heavy atom. The number of aromatic nitrogens is 1. The quantitative estimate of drug-likeness (QED) is 0.836. The molecule has 0 aromatic carbocycles. The fourth-order valence-electron chi connectivity index (χ4n) is 1.51. The smallest absolute Gasteiger partial charge is 0.136 e. The van der Waals surface area contributed by atoms with Gasteiger partial charge in [-0.2, -0.15) is 0 Å². The molecule has 18 heavy (non-hydrogen) atoms. The van der Waals surface area contributed by atoms with Gasteiger partial charge in [-0.15, -0.1) is 11.3 Å². The number of thiophene rings is 1. The van der Waals surface area contributed by atoms with Crippen LogP contribution in [0.2, 0.25) is 0 Å². The van der Waals surface area contributed by atoms with Crippen molar-refractivity contribution in [3.63, 3.8) is 0 Å². The molecule has 3 N–H and O–H groups in total. The molecule has 3 nitrogen and oxygen atoms in total. The Balaban J connectivity index is 2.20. The molecule has 2 aromatic heterocycles. The predicted octanol–water partition coefficient (Wildman–Crippen LogP) is 3.46. The van der Waals surface area contributed by atoms with Crippen LogP contribution >= 0.6 is 39.5 Å². The maximum Gasteiger partial charge on any atom is 0.136 e. The van der Waals surface area contributed by atoms with Crippen LogP contribution in [0, 0.1) is 6.92 Å². The zero-order valence-electron chi connectivity index (χ0n) is 9.74. The van der Waals surface area contributed by atoms with E-state index in [4.69, 9.17) is 18.0 Å². The Morgan fingerprint density at radius 1 is 1.50 bits per heavy atom. The third-order valence-electron chi connectivity index (χ3n) is 2.41. The van der Waals surface area contributed by atoms with Crippen molar-refractivity contribution >= 4 is 50.3 Å². The Bertz CT molecular complexity index is 580. The van der Waals surface area contributed by atoms with Crippen LogP contribution in [0.15, 0.2) is 28.1 Å². The number of anilines is 1. The summed E-state index contributed by atoms with van der Waals surface area (Å²) in [6.07, 6.45) is 0. The Labute approximate surface area is 124 Å². The van der Waals surface area contributed by atoms with E-state index in [1.165, 1.54) is 4.88 Å². The number of aryl methyl sites for hydroxylation is 1. The molecule has 0 aliphatic carbocycles. The van der Waals surface area contributed by atoms with Gasteiger partial charge in [-0.3, -0.25) is 0 Å². The van der Waals surface area contributed by atoms with Gasteiger partial charge in [0.1, 0.15) is 10.8 Å². The molecule has 2 aromatic rings. The average molecular weight is 342 g/mol. The summed E-state index contributed by atoms with van der Waals surface area (Å²) in [5.41, 5.74) is 7.40. The first-order chi connectivity index (χ1) is 8.58. The lowest BCUT2D eigenvalue weighted by molar-refractivity contribution is 1.10. The Hall–Kier alpha value is -0.980. The van der Waals surface area contributed by atoms with E-state index in [9.17, 15) is 0 Å². The minimum atomic E-state index is 0.357. The first kappa shape index (κ1) is 13.5. The van der Waals surface area contributed by atoms with Crippen molar-refractivity contribution in [2.75, 3.05) is 5.32 Å². The fraction of sp³-hybridized carbons (Fsp3) is 0.167. The molecular formula is C12H12BrN3S2. The highest BCUT2D eigenvalue weighted by Crippen LogP contribution is 2.24. The zero-order valence-corrected chi connectivity index (χ0v) is 13.0. The third-order valence-corrected chi connectivity index (χ3v) is 4.55. The van der Waals surface area contributed by atoms with E-state index in [0.29, 0.717) is 11.5 Å². The maximum atomic E-state index is 5.69. The van der Waals surface area contributed by atoms with Crippen LogP contribution in [-0.4, -0.2) is 9.97 Å². The summed E-state index contributed by atoms with van der Waals surface area (Å²) in [7, 11) is 0. The predicted molar refractivity (Wildman–Crippen MR) is 84.2 cm³/mol. The number of nitrogens with one attached hydrogen (secondary N) is 1. The zero-order chi connectivity index (χ0) is 13.1. The van der Waals surface area contributed by atoms with Gasteiger partial charge in [0.15, 0.2) is 0 Å². The molecule has 6 heteroatoms. The second-order valence-corrected chi connectivity index (χ2v) is 6.05. The molecule has 2 heterocycles. The number of hydrogen-bond acceptors (Lipinski definition) is 4. The van der Waals surface area contributed by atoms with Gasteiger partial charge in [-0.25, -0.2) is 4.98 Å². The van der Waals surface area contributed by atoms with Gasteiger partial charge in [0.05, 0.1) is 12.1 Å². The van der Waals surface area contributed by atoms with Gasteiger partial charge in [-0.1, -0.05) is 12.2 Å². The number of pyridine rings is 1. The highest BCUT2D eigenvalue weighted by molar-refractivity contribution is 9.10. The molecule has 0 amide bonds. The van der Waals surface area contributed by atoms with Gasteiger partial charge in [0, 0.05) is 15.0 Å². The molecule has 0 atom stereocenters. The van der Waals surface area contributed by atoms with Crippen LogP contribution in [0.1, 0.15) is 16.1 Å². The lowest BCUT2D eigenvalue weighted by atomic mass is 10.2. The van der Waals surface area contributed by atoms with Crippen molar-refractivity contribution in [2.24, 2.45) is 5.73 Å². The normalized spacial score (nSPS) is 10.3. The standard InChI is InChI=1S/C12H12BrN3S2/c1-7-2-3-8(11(14)17)12(16-7)15-6-10-9(13)4-5-18-10/h2-5H,6H2,1H3,(H2,14,17)(H,15,16). The van der Waals surface area contributed by atoms with Crippen LogP contribution in [0.4, 0.5) is 5.82 Å². The molecule has 0 bridgehead atoms. The molecule has 2 rings (SSSR count). The van der Waals surface area contributed by atoms with Gasteiger partial charge in [0.25, 0.3) is 0 Å². The molecule has 0 fully saturated rings. The highest BCUT2D eigenvalue weighted by atomic mass is 79.9. The van der Waals surface area contributed by atoms with Crippen molar-refractivity contribution < 1.29 is 0 Å². The van der Waals surface area contributed by atoms with E-state index in [0.717, 1.165) is 21.5 Å². The molecular weight excluding hydrogens is 330 g/mol. The topological polar surface area (TPSA) is 50.9 Å². The van der Waals surface area contributed by atoms with Crippen molar-refractivity contribution in [1.29, 1.82) is 0 Å². The Kier molecular flexibility index (Phi) is 4.31. The molecule has 0 aliphatic heterocycles. The van der Waals surface area contributed by atoms with E-state index in [1.807, 2.05) is 30.5 Å². The van der Waals surface area contributed by atoms with E-state index >= 15 is 0 Å². The van der Waals surface area contributed by atoms with Crippen LogP contribution in [0.3, 0.4) is 0 Å². The number of nitrogens with two attached hydrogens (primary N) is 1. The summed E-state index contributed by atoms with van der Waals surface area (Å²) in [5, 5.41) is 5.32. The summed E-state index contributed by atoms with van der Waals surface area (Å²) in [6.45, 7) is 2.64. The lowest BCUT2D eigenvalue weighted by Crippen LogP contribution is -2.14. The molecule has 0 radical (unpaired) electrons. The number of halogens is 1. The number of hydrogen-bond donors (Lipinski definition) is 2. The van der Waals surface area contributed by atoms with Crippen LogP contribution in [0.5, 0.6) is 0 Å². The Morgan fingerprint density at radius 3 is 2.89 bits per heavy atom. The van der Waals surface area contributed by atoms with Gasteiger partial charge in [-0.05, 0) is 46.4 Å². The van der Waals surface area contributed by atoms with Crippen molar-refractivity contribution in [1.82, 2.24) is 4.98 Å². The summed E-state index contributed by atoms with van der Waals surface area (Å²) in [6, 6.07) is 5.83. The molecule has 0 saturated carbocycles. The van der Waals surface area contributed by atoms with Crippen LogP contribution in [-0.2, 0) is 6.54 Å². The van der Waals surface area contributed by atoms with Crippen molar-refractivity contribution in [2.45, 2.75) is 13.5 Å². The second kappa shape index (κ2) is 5.77. The number of rotatable bonds is 4. The van der Waals surface area contributed by atoms with Gasteiger partial charge in [0.2, 0.25) is 0 Å². The summed E-state index contributed by atoms with van der Waals surface area (Å²) >= 11 is 10.2. The largest absolute Gasteiger partial charge is 0.389 e. The van der Waals surface area contributed by atoms with Crippen LogP contribution in [0.25, 0.3) is 0 Å². The average Bonchev–Trinajstić information content (AvgIpc) is 2.72. The van der Waals surface area contributed by atoms with Gasteiger partial charge < -0.3 is 11.1 Å². The van der Waals surface area contributed by atoms with E-state index < -0.39 is 0 Å². The van der Waals surface area contributed by atoms with E-state index in [-0.39, 0.29) is 0 Å². The molecule has 0 aliphatic rings. The summed E-state index contributed by atoms with van der Waals surface area (Å²) in [4.78, 5) is 6.01. The molecule has 0 spiro atoms. The minimum Gasteiger partial charge on any atom is -0.389 e. The van der Waals surface area contributed by atoms with Crippen molar-refractivity contribution in [3.8, 4) is 0 Å². The SMILES string of the molecule is Cc1ccc(C(N)=S)c(NCc2sccc2Br)n1. The van der Waals surface area contributed by atoms with E-state index in [1.54, 1.807) is 11.3 Å². The van der Waals surface area contributed by atoms with Gasteiger partial charge >= 0.3 is 0 Å². The highest BCUT2D eigenvalue weighted by Gasteiger charge is 2.08. The number of thiocarbonyl (C=S) groups is 1. The molecule has 0 unspecified atom stereocenters. The summed E-state index contributed by atoms with van der Waals surface area (Å²) in [5.74, 6) is 0.739. The van der Waals surface area contributed by atoms with Crippen LogP contribution < -0.4 is 11.1 Å². The molecule has 0 saturated heterocycles. The first-order valence-corrected chi connectivity index (χ1v) is 7.39. The second-order valence-electron chi connectivity index (χ2n) is 3.76. The maximum absolute atomic E-state index is 5.69. The minimum absolute atomic E-state index is 0.357. The monoisotopic (exact) mass is 341 g/mol. The molecule has 94 valence electrons. The van der Waals surface area contributed by atoms with Crippen molar-refractivity contribution in [3.05, 3.63) is 44.2 Å². The lowest BCUT2D eigenvalue weighted by Gasteiger charge is -2.10. The fourth-order valence-corrected chi connectivity index (χ4v) is 3.10. The van der Waals surface area contributed by atoms with E-state index in [2.05, 4.69) is 26.2 Å². The number of nitrogens with zero attached hydrogens (tertiary/aromatic N) is 1. The summed E-state index contributed by atoms with van der Waals surface area (Å²) < 4.78 is 1.10. The first-order valence-electron chi connectivity index (χ1n) is 5.31. The third kappa shape index (κ3) is 3.07.